The van der Waals surface area contributed by atoms with E-state index < -0.39 is 0 Å². The van der Waals surface area contributed by atoms with Crippen molar-refractivity contribution in [2.24, 2.45) is 0 Å². The molecule has 0 saturated carbocycles. The first-order valence-corrected chi connectivity index (χ1v) is 9.77. The highest BCUT2D eigenvalue weighted by atomic mass is 19.1. The van der Waals surface area contributed by atoms with E-state index in [1.54, 1.807) is 38.5 Å². The Balaban J connectivity index is 1.42. The third-order valence-corrected chi connectivity index (χ3v) is 5.35. The van der Waals surface area contributed by atoms with Gasteiger partial charge in [-0.3, -0.25) is 4.79 Å². The number of likely N-dealkylation sites (tertiary alicyclic amines) is 1. The second-order valence-corrected chi connectivity index (χ2v) is 7.16. The molecule has 7 nitrogen and oxygen atoms in total. The van der Waals surface area contributed by atoms with Gasteiger partial charge in [0.25, 0.3) is 5.91 Å². The van der Waals surface area contributed by atoms with E-state index >= 15 is 0 Å². The average molecular weight is 410 g/mol. The number of ether oxygens (including phenoxy) is 2. The molecule has 0 bridgehead atoms. The third kappa shape index (κ3) is 3.98. The van der Waals surface area contributed by atoms with Crippen LogP contribution in [0.5, 0.6) is 11.5 Å². The van der Waals surface area contributed by atoms with Gasteiger partial charge in [0.15, 0.2) is 11.5 Å². The van der Waals surface area contributed by atoms with Crippen LogP contribution in [-0.2, 0) is 0 Å². The molecule has 1 aliphatic rings. The number of hydrogen-bond acceptors (Lipinski definition) is 6. The van der Waals surface area contributed by atoms with Gasteiger partial charge in [-0.15, -0.1) is 0 Å². The summed E-state index contributed by atoms with van der Waals surface area (Å²) >= 11 is 0. The second-order valence-electron chi connectivity index (χ2n) is 7.16. The van der Waals surface area contributed by atoms with Crippen LogP contribution in [-0.4, -0.2) is 54.1 Å². The van der Waals surface area contributed by atoms with E-state index in [0.717, 1.165) is 12.8 Å². The number of fused-ring (bicyclic) bond motifs is 1. The molecule has 1 amide bonds. The minimum atomic E-state index is -0.323. The molecule has 0 atom stereocenters. The van der Waals surface area contributed by atoms with E-state index in [-0.39, 0.29) is 17.8 Å². The summed E-state index contributed by atoms with van der Waals surface area (Å²) in [6, 6.07) is 9.79. The number of hydrogen-bond donors (Lipinski definition) is 1. The number of piperidine rings is 1. The smallest absolute Gasteiger partial charge is 0.253 e. The molecule has 4 rings (SSSR count). The zero-order valence-corrected chi connectivity index (χ0v) is 16.9. The van der Waals surface area contributed by atoms with Crippen molar-refractivity contribution in [3.63, 3.8) is 0 Å². The molecule has 8 heteroatoms. The average Bonchev–Trinajstić information content (AvgIpc) is 2.79. The molecule has 0 aliphatic carbocycles. The zero-order valence-electron chi connectivity index (χ0n) is 16.9. The lowest BCUT2D eigenvalue weighted by molar-refractivity contribution is 0.0718. The van der Waals surface area contributed by atoms with Gasteiger partial charge in [-0.2, -0.15) is 0 Å². The molecule has 30 heavy (non-hydrogen) atoms. The summed E-state index contributed by atoms with van der Waals surface area (Å²) in [7, 11) is 3.11. The monoisotopic (exact) mass is 410 g/mol. The fourth-order valence-corrected chi connectivity index (χ4v) is 3.72. The van der Waals surface area contributed by atoms with Gasteiger partial charge in [0.2, 0.25) is 0 Å². The molecule has 3 aromatic rings. The quantitative estimate of drug-likeness (QED) is 0.694. The fourth-order valence-electron chi connectivity index (χ4n) is 3.72. The van der Waals surface area contributed by atoms with Crippen molar-refractivity contribution in [3.8, 4) is 11.5 Å². The van der Waals surface area contributed by atoms with Crippen molar-refractivity contribution in [3.05, 3.63) is 54.1 Å². The number of rotatable bonds is 5. The number of amides is 1. The molecular formula is C22H23FN4O3. The van der Waals surface area contributed by atoms with Gasteiger partial charge in [0.05, 0.1) is 19.7 Å². The Morgan fingerprint density at radius 3 is 2.57 bits per heavy atom. The van der Waals surface area contributed by atoms with Crippen LogP contribution >= 0.6 is 0 Å². The Kier molecular flexibility index (Phi) is 5.65. The lowest BCUT2D eigenvalue weighted by atomic mass is 10.0. The van der Waals surface area contributed by atoms with Crippen molar-refractivity contribution in [2.75, 3.05) is 32.6 Å². The minimum absolute atomic E-state index is 0.0380. The molecule has 1 aromatic heterocycles. The number of anilines is 1. The maximum atomic E-state index is 13.7. The molecule has 0 unspecified atom stereocenters. The number of carbonyl (C=O) groups is 1. The molecule has 1 fully saturated rings. The van der Waals surface area contributed by atoms with Crippen LogP contribution in [0.3, 0.4) is 0 Å². The van der Waals surface area contributed by atoms with Crippen molar-refractivity contribution < 1.29 is 18.7 Å². The van der Waals surface area contributed by atoms with E-state index in [9.17, 15) is 9.18 Å². The van der Waals surface area contributed by atoms with Crippen LogP contribution in [0, 0.1) is 5.82 Å². The van der Waals surface area contributed by atoms with E-state index in [1.165, 1.54) is 18.5 Å². The predicted octanol–water partition coefficient (Wildman–Crippen LogP) is 3.50. The zero-order chi connectivity index (χ0) is 21.1. The Morgan fingerprint density at radius 2 is 1.83 bits per heavy atom. The van der Waals surface area contributed by atoms with Crippen LogP contribution in [0.4, 0.5) is 10.2 Å². The SMILES string of the molecule is COc1ccc(C(=O)N2CCC(Nc3ncnc4ccc(F)cc34)CC2)cc1OC. The lowest BCUT2D eigenvalue weighted by Crippen LogP contribution is -2.42. The van der Waals surface area contributed by atoms with Crippen LogP contribution < -0.4 is 14.8 Å². The molecule has 0 spiro atoms. The second kappa shape index (κ2) is 8.52. The van der Waals surface area contributed by atoms with E-state index in [1.807, 2.05) is 4.90 Å². The first-order valence-electron chi connectivity index (χ1n) is 9.77. The van der Waals surface area contributed by atoms with Gasteiger partial charge in [-0.05, 0) is 49.2 Å². The van der Waals surface area contributed by atoms with Crippen LogP contribution in [0.25, 0.3) is 10.9 Å². The van der Waals surface area contributed by atoms with Gasteiger partial charge in [0, 0.05) is 30.1 Å². The molecule has 1 aliphatic heterocycles. The van der Waals surface area contributed by atoms with Crippen molar-refractivity contribution >= 4 is 22.6 Å². The van der Waals surface area contributed by atoms with E-state index in [2.05, 4.69) is 15.3 Å². The summed E-state index contributed by atoms with van der Waals surface area (Å²) in [5.41, 5.74) is 1.26. The summed E-state index contributed by atoms with van der Waals surface area (Å²) in [5.74, 6) is 1.37. The number of nitrogens with one attached hydrogen (secondary N) is 1. The Hall–Kier alpha value is -3.42. The van der Waals surface area contributed by atoms with Crippen molar-refractivity contribution in [2.45, 2.75) is 18.9 Å². The molecule has 2 heterocycles. The highest BCUT2D eigenvalue weighted by Gasteiger charge is 2.25. The molecule has 0 radical (unpaired) electrons. The summed E-state index contributed by atoms with van der Waals surface area (Å²) < 4.78 is 24.2. The number of benzene rings is 2. The lowest BCUT2D eigenvalue weighted by Gasteiger charge is -2.33. The van der Waals surface area contributed by atoms with Crippen LogP contribution in [0.2, 0.25) is 0 Å². The largest absolute Gasteiger partial charge is 0.493 e. The summed E-state index contributed by atoms with van der Waals surface area (Å²) in [5, 5.41) is 4.05. The minimum Gasteiger partial charge on any atom is -0.493 e. The topological polar surface area (TPSA) is 76.6 Å². The summed E-state index contributed by atoms with van der Waals surface area (Å²) in [4.78, 5) is 23.2. The third-order valence-electron chi connectivity index (χ3n) is 5.35. The number of nitrogens with zero attached hydrogens (tertiary/aromatic N) is 3. The molecule has 1 saturated heterocycles. The number of methoxy groups -OCH3 is 2. The number of halogens is 1. The Morgan fingerprint density at radius 1 is 1.07 bits per heavy atom. The van der Waals surface area contributed by atoms with Crippen molar-refractivity contribution in [1.82, 2.24) is 14.9 Å². The van der Waals surface area contributed by atoms with E-state index in [4.69, 9.17) is 9.47 Å². The van der Waals surface area contributed by atoms with Crippen molar-refractivity contribution in [1.29, 1.82) is 0 Å². The predicted molar refractivity (Wildman–Crippen MR) is 112 cm³/mol. The maximum Gasteiger partial charge on any atom is 0.253 e. The first kappa shape index (κ1) is 19.9. The van der Waals surface area contributed by atoms with Gasteiger partial charge < -0.3 is 19.7 Å². The molecular weight excluding hydrogens is 387 g/mol. The van der Waals surface area contributed by atoms with Crippen LogP contribution in [0.1, 0.15) is 23.2 Å². The highest BCUT2D eigenvalue weighted by molar-refractivity contribution is 5.95. The summed E-state index contributed by atoms with van der Waals surface area (Å²) in [6.45, 7) is 1.23. The van der Waals surface area contributed by atoms with Gasteiger partial charge in [-0.1, -0.05) is 0 Å². The molecule has 2 aromatic carbocycles. The van der Waals surface area contributed by atoms with Gasteiger partial charge >= 0.3 is 0 Å². The fraction of sp³-hybridized carbons (Fsp3) is 0.318. The highest BCUT2D eigenvalue weighted by Crippen LogP contribution is 2.29. The van der Waals surface area contributed by atoms with Gasteiger partial charge in [-0.25, -0.2) is 14.4 Å². The van der Waals surface area contributed by atoms with E-state index in [0.29, 0.717) is 46.9 Å². The first-order chi connectivity index (χ1) is 14.6. The molecule has 156 valence electrons. The number of carbonyl (C=O) groups excluding carboxylic acids is 1. The normalized spacial score (nSPS) is 14.6. The molecule has 1 N–H and O–H groups in total. The Bertz CT molecular complexity index is 1070. The Labute approximate surface area is 173 Å². The van der Waals surface area contributed by atoms with Gasteiger partial charge in [0.1, 0.15) is 18.0 Å². The van der Waals surface area contributed by atoms with Crippen LogP contribution in [0.15, 0.2) is 42.7 Å². The summed E-state index contributed by atoms with van der Waals surface area (Å²) in [6.07, 6.45) is 3.00. The maximum absolute atomic E-state index is 13.7. The number of aromatic nitrogens is 2. The standard InChI is InChI=1S/C22H23FN4O3/c1-29-19-6-3-14(11-20(19)30-2)22(28)27-9-7-16(8-10-27)26-21-17-12-15(23)4-5-18(17)24-13-25-21/h3-6,11-13,16H,7-10H2,1-2H3,(H,24,25,26).